The summed E-state index contributed by atoms with van der Waals surface area (Å²) in [5, 5.41) is 0. The van der Waals surface area contributed by atoms with Gasteiger partial charge in [-0.3, -0.25) is 4.79 Å². The van der Waals surface area contributed by atoms with E-state index in [1.807, 2.05) is 0 Å². The molecule has 25 heavy (non-hydrogen) atoms. The summed E-state index contributed by atoms with van der Waals surface area (Å²) in [6, 6.07) is 6.93. The van der Waals surface area contributed by atoms with Crippen molar-refractivity contribution >= 4 is 11.6 Å². The van der Waals surface area contributed by atoms with Gasteiger partial charge in [0.05, 0.1) is 0 Å². The van der Waals surface area contributed by atoms with Crippen molar-refractivity contribution in [3.8, 4) is 0 Å². The fraction of sp³-hybridized carbons (Fsp3) is 0.650. The Balaban J connectivity index is 1.36. The standard InChI is InChI=1S/C20H28N4O/c1-21-8-10-23(11-9-21)17-2-3-18-16(12-17)13-24(20(18)25)19-14-22-6-4-15(19)5-7-22/h2-3,12,15,19H,4-11,13-14H2,1H3/t19-/m0/s1. The number of hydrogen-bond donors (Lipinski definition) is 0. The summed E-state index contributed by atoms with van der Waals surface area (Å²) in [7, 11) is 2.19. The minimum Gasteiger partial charge on any atom is -0.369 e. The molecule has 0 aliphatic carbocycles. The number of carbonyl (C=O) groups excluding carboxylic acids is 1. The van der Waals surface area contributed by atoms with Crippen molar-refractivity contribution in [3.05, 3.63) is 29.3 Å². The van der Waals surface area contributed by atoms with Crippen LogP contribution in [0.1, 0.15) is 28.8 Å². The Morgan fingerprint density at radius 1 is 1.00 bits per heavy atom. The van der Waals surface area contributed by atoms with E-state index >= 15 is 0 Å². The van der Waals surface area contributed by atoms with Crippen LogP contribution >= 0.6 is 0 Å². The summed E-state index contributed by atoms with van der Waals surface area (Å²) in [5.41, 5.74) is 3.46. The molecular weight excluding hydrogens is 312 g/mol. The van der Waals surface area contributed by atoms with Crippen molar-refractivity contribution in [2.24, 2.45) is 5.92 Å². The average molecular weight is 340 g/mol. The molecule has 0 N–H and O–H groups in total. The zero-order valence-corrected chi connectivity index (χ0v) is 15.2. The van der Waals surface area contributed by atoms with Crippen molar-refractivity contribution in [1.29, 1.82) is 0 Å². The van der Waals surface area contributed by atoms with E-state index in [-0.39, 0.29) is 5.91 Å². The van der Waals surface area contributed by atoms with E-state index in [0.717, 1.165) is 44.8 Å². The van der Waals surface area contributed by atoms with Gasteiger partial charge in [-0.05, 0) is 62.7 Å². The number of piperazine rings is 1. The highest BCUT2D eigenvalue weighted by Gasteiger charge is 2.42. The number of likely N-dealkylation sites (N-methyl/N-ethyl adjacent to an activating group) is 1. The molecule has 5 nitrogen and oxygen atoms in total. The number of carbonyl (C=O) groups is 1. The molecule has 0 aromatic heterocycles. The Kier molecular flexibility index (Phi) is 3.75. The second kappa shape index (κ2) is 5.99. The monoisotopic (exact) mass is 340 g/mol. The number of benzene rings is 1. The van der Waals surface area contributed by atoms with Crippen LogP contribution in [0.25, 0.3) is 0 Å². The van der Waals surface area contributed by atoms with E-state index in [0.29, 0.717) is 12.0 Å². The van der Waals surface area contributed by atoms with Gasteiger partial charge in [0.2, 0.25) is 0 Å². The largest absolute Gasteiger partial charge is 0.369 e. The molecule has 5 aliphatic heterocycles. The molecule has 1 aromatic carbocycles. The fourth-order valence-corrected chi connectivity index (χ4v) is 5.15. The molecule has 4 fully saturated rings. The van der Waals surface area contributed by atoms with Crippen molar-refractivity contribution in [2.45, 2.75) is 25.4 Å². The lowest BCUT2D eigenvalue weighted by Gasteiger charge is -2.48. The smallest absolute Gasteiger partial charge is 0.254 e. The third kappa shape index (κ3) is 2.64. The Hall–Kier alpha value is -1.59. The Morgan fingerprint density at radius 2 is 1.76 bits per heavy atom. The molecule has 5 heterocycles. The first-order valence-electron chi connectivity index (χ1n) is 9.79. The van der Waals surface area contributed by atoms with Crippen molar-refractivity contribution in [3.63, 3.8) is 0 Å². The van der Waals surface area contributed by atoms with Gasteiger partial charge in [-0.2, -0.15) is 0 Å². The lowest BCUT2D eigenvalue weighted by molar-refractivity contribution is 0.00846. The van der Waals surface area contributed by atoms with Gasteiger partial charge in [0.1, 0.15) is 0 Å². The van der Waals surface area contributed by atoms with Crippen LogP contribution in [0.2, 0.25) is 0 Å². The quantitative estimate of drug-likeness (QED) is 0.816. The minimum atomic E-state index is 0.263. The first-order valence-corrected chi connectivity index (χ1v) is 9.79. The summed E-state index contributed by atoms with van der Waals surface area (Å²) in [5.74, 6) is 0.971. The van der Waals surface area contributed by atoms with Crippen molar-refractivity contribution < 1.29 is 4.79 Å². The van der Waals surface area contributed by atoms with Gasteiger partial charge >= 0.3 is 0 Å². The number of piperidine rings is 3. The molecule has 1 amide bonds. The fourth-order valence-electron chi connectivity index (χ4n) is 5.15. The van der Waals surface area contributed by atoms with E-state index in [4.69, 9.17) is 0 Å². The number of nitrogens with zero attached hydrogens (tertiary/aromatic N) is 4. The van der Waals surface area contributed by atoms with Crippen LogP contribution in [0.15, 0.2) is 18.2 Å². The van der Waals surface area contributed by atoms with Crippen LogP contribution in [0.5, 0.6) is 0 Å². The molecule has 1 atom stereocenters. The van der Waals surface area contributed by atoms with Crippen LogP contribution in [0, 0.1) is 5.92 Å². The van der Waals surface area contributed by atoms with Gasteiger partial charge in [-0.1, -0.05) is 0 Å². The molecule has 5 heteroatoms. The molecule has 134 valence electrons. The predicted octanol–water partition coefficient (Wildman–Crippen LogP) is 1.49. The van der Waals surface area contributed by atoms with Crippen LogP contribution < -0.4 is 4.90 Å². The maximum atomic E-state index is 13.0. The number of amides is 1. The SMILES string of the molecule is CN1CCN(c2ccc3c(c2)CN([C@H]2CN4CCC2CC4)C3=O)CC1. The maximum absolute atomic E-state index is 13.0. The molecule has 1 aromatic rings. The Morgan fingerprint density at radius 3 is 2.44 bits per heavy atom. The average Bonchev–Trinajstić information content (AvgIpc) is 2.99. The zero-order chi connectivity index (χ0) is 17.0. The number of anilines is 1. The van der Waals surface area contributed by atoms with Gasteiger partial charge in [0.25, 0.3) is 5.91 Å². The third-order valence-electron chi connectivity index (χ3n) is 6.81. The lowest BCUT2D eigenvalue weighted by Crippen LogP contribution is -2.57. The Labute approximate surface area is 150 Å². The van der Waals surface area contributed by atoms with Crippen LogP contribution in [0.4, 0.5) is 5.69 Å². The molecule has 0 spiro atoms. The minimum absolute atomic E-state index is 0.263. The van der Waals surface area contributed by atoms with E-state index < -0.39 is 0 Å². The molecule has 0 radical (unpaired) electrons. The predicted molar refractivity (Wildman–Crippen MR) is 99.0 cm³/mol. The molecule has 4 saturated heterocycles. The normalized spacial score (nSPS) is 32.4. The second-order valence-electron chi connectivity index (χ2n) is 8.27. The molecule has 0 unspecified atom stereocenters. The first kappa shape index (κ1) is 15.6. The highest BCUT2D eigenvalue weighted by Crippen LogP contribution is 2.36. The molecule has 2 bridgehead atoms. The van der Waals surface area contributed by atoms with Gasteiger partial charge in [-0.25, -0.2) is 0 Å². The molecular formula is C20H28N4O. The van der Waals surface area contributed by atoms with E-state index in [2.05, 4.69) is 44.8 Å². The van der Waals surface area contributed by atoms with E-state index in [1.54, 1.807) is 0 Å². The van der Waals surface area contributed by atoms with Gasteiger partial charge in [0.15, 0.2) is 0 Å². The first-order chi connectivity index (χ1) is 12.2. The molecule has 0 saturated carbocycles. The summed E-state index contributed by atoms with van der Waals surface area (Å²) < 4.78 is 0. The van der Waals surface area contributed by atoms with Crippen molar-refractivity contribution in [2.75, 3.05) is 57.8 Å². The number of rotatable bonds is 2. The van der Waals surface area contributed by atoms with Crippen LogP contribution in [-0.2, 0) is 6.54 Å². The molecule has 6 rings (SSSR count). The number of fused-ring (bicyclic) bond motifs is 4. The summed E-state index contributed by atoms with van der Waals surface area (Å²) in [6.45, 7) is 8.72. The Bertz CT molecular complexity index is 674. The molecule has 5 aliphatic rings. The van der Waals surface area contributed by atoms with Crippen molar-refractivity contribution in [1.82, 2.24) is 14.7 Å². The van der Waals surface area contributed by atoms with Gasteiger partial charge < -0.3 is 19.6 Å². The maximum Gasteiger partial charge on any atom is 0.254 e. The van der Waals surface area contributed by atoms with Crippen LogP contribution in [-0.4, -0.2) is 79.5 Å². The third-order valence-corrected chi connectivity index (χ3v) is 6.81. The van der Waals surface area contributed by atoms with Gasteiger partial charge in [-0.15, -0.1) is 0 Å². The zero-order valence-electron chi connectivity index (χ0n) is 15.2. The lowest BCUT2D eigenvalue weighted by atomic mass is 9.83. The summed E-state index contributed by atoms with van der Waals surface area (Å²) in [6.07, 6.45) is 2.52. The highest BCUT2D eigenvalue weighted by atomic mass is 16.2. The van der Waals surface area contributed by atoms with E-state index in [9.17, 15) is 4.79 Å². The topological polar surface area (TPSA) is 30.0 Å². The van der Waals surface area contributed by atoms with Crippen LogP contribution in [0.3, 0.4) is 0 Å². The van der Waals surface area contributed by atoms with Gasteiger partial charge in [0, 0.05) is 56.6 Å². The number of hydrogen-bond acceptors (Lipinski definition) is 4. The second-order valence-corrected chi connectivity index (χ2v) is 8.27. The summed E-state index contributed by atoms with van der Waals surface area (Å²) in [4.78, 5) is 22.5. The van der Waals surface area contributed by atoms with E-state index in [1.165, 1.54) is 37.2 Å². The highest BCUT2D eigenvalue weighted by molar-refractivity contribution is 5.99. The summed E-state index contributed by atoms with van der Waals surface area (Å²) >= 11 is 0.